The lowest BCUT2D eigenvalue weighted by atomic mass is 9.85. The van der Waals surface area contributed by atoms with Crippen LogP contribution in [-0.2, 0) is 33.4 Å². The molecule has 0 radical (unpaired) electrons. The van der Waals surface area contributed by atoms with Crippen LogP contribution < -0.4 is 0 Å². The molecule has 0 aromatic rings. The van der Waals surface area contributed by atoms with Crippen LogP contribution >= 0.6 is 0 Å². The van der Waals surface area contributed by atoms with Crippen LogP contribution in [0.15, 0.2) is 0 Å². The average molecular weight is 344 g/mol. The Morgan fingerprint density at radius 3 is 2.00 bits per heavy atom. The molecule has 0 saturated carbocycles. The first-order valence-electron chi connectivity index (χ1n) is 8.29. The Morgan fingerprint density at radius 1 is 0.917 bits per heavy atom. The van der Waals surface area contributed by atoms with E-state index in [2.05, 4.69) is 16.4 Å². The van der Waals surface area contributed by atoms with Crippen molar-refractivity contribution in [2.45, 2.75) is 59.8 Å². The highest BCUT2D eigenvalue weighted by molar-refractivity contribution is 5.85. The Bertz CT molecular complexity index is 431. The van der Waals surface area contributed by atoms with E-state index in [0.717, 1.165) is 19.3 Å². The second-order valence-electron chi connectivity index (χ2n) is 5.64. The summed E-state index contributed by atoms with van der Waals surface area (Å²) in [4.78, 5) is 45.4. The molecule has 0 aliphatic rings. The van der Waals surface area contributed by atoms with Gasteiger partial charge in [0.25, 0.3) is 0 Å². The molecular weight excluding hydrogens is 316 g/mol. The molecular formula is C17H28O7. The minimum Gasteiger partial charge on any atom is -0.458 e. The largest absolute Gasteiger partial charge is 0.458 e. The number of ether oxygens (including phenoxy) is 3. The molecule has 0 aromatic heterocycles. The zero-order valence-electron chi connectivity index (χ0n) is 15.0. The standard InChI is InChI=1S/C17H28O7/c1-5-7-14(6-2)12(3)15(19)10-22-16(20)8-9-17(21)24-11-23-13(4)18/h12,14H,5-11H2,1-4H3. The maximum absolute atomic E-state index is 12.0. The van der Waals surface area contributed by atoms with Crippen LogP contribution in [0.1, 0.15) is 59.8 Å². The number of esters is 3. The van der Waals surface area contributed by atoms with Gasteiger partial charge in [0.2, 0.25) is 6.79 Å². The lowest BCUT2D eigenvalue weighted by Gasteiger charge is -2.20. The molecule has 0 rings (SSSR count). The number of hydrogen-bond donors (Lipinski definition) is 0. The Balaban J connectivity index is 4.01. The zero-order chi connectivity index (χ0) is 18.5. The van der Waals surface area contributed by atoms with E-state index in [-0.39, 0.29) is 37.1 Å². The van der Waals surface area contributed by atoms with Crippen molar-refractivity contribution in [2.24, 2.45) is 11.8 Å². The second-order valence-corrected chi connectivity index (χ2v) is 5.64. The SMILES string of the molecule is CCCC(CC)C(C)C(=O)COC(=O)CCC(=O)OCOC(C)=O. The third-order valence-electron chi connectivity index (χ3n) is 3.79. The third kappa shape index (κ3) is 9.97. The maximum atomic E-state index is 12.0. The van der Waals surface area contributed by atoms with Gasteiger partial charge in [-0.15, -0.1) is 0 Å². The van der Waals surface area contributed by atoms with Crippen molar-refractivity contribution < 1.29 is 33.4 Å². The fraction of sp³-hybridized carbons (Fsp3) is 0.765. The smallest absolute Gasteiger partial charge is 0.309 e. The predicted octanol–water partition coefficient (Wildman–Crippen LogP) is 2.41. The van der Waals surface area contributed by atoms with Crippen molar-refractivity contribution in [3.05, 3.63) is 0 Å². The molecule has 0 saturated heterocycles. The lowest BCUT2D eigenvalue weighted by molar-refractivity contribution is -0.167. The van der Waals surface area contributed by atoms with Gasteiger partial charge in [0.15, 0.2) is 5.78 Å². The van der Waals surface area contributed by atoms with E-state index in [4.69, 9.17) is 4.74 Å². The Morgan fingerprint density at radius 2 is 1.50 bits per heavy atom. The van der Waals surface area contributed by atoms with Crippen LogP contribution in [0.4, 0.5) is 0 Å². The van der Waals surface area contributed by atoms with E-state index >= 15 is 0 Å². The number of Topliss-reactive ketones (excluding diaryl/α,β-unsaturated/α-hetero) is 1. The van der Waals surface area contributed by atoms with E-state index in [1.807, 2.05) is 13.8 Å². The minimum atomic E-state index is -0.679. The van der Waals surface area contributed by atoms with Crippen molar-refractivity contribution in [3.63, 3.8) is 0 Å². The zero-order valence-corrected chi connectivity index (χ0v) is 15.0. The summed E-state index contributed by atoms with van der Waals surface area (Å²) in [6.45, 7) is 6.40. The normalized spacial score (nSPS) is 12.8. The molecule has 138 valence electrons. The summed E-state index contributed by atoms with van der Waals surface area (Å²) in [6, 6.07) is 0. The van der Waals surface area contributed by atoms with Crippen LogP contribution in [0.5, 0.6) is 0 Å². The molecule has 2 unspecified atom stereocenters. The van der Waals surface area contributed by atoms with Crippen LogP contribution in [0.3, 0.4) is 0 Å². The molecule has 0 spiro atoms. The molecule has 0 fully saturated rings. The van der Waals surface area contributed by atoms with E-state index < -0.39 is 24.7 Å². The number of ketones is 1. The summed E-state index contributed by atoms with van der Waals surface area (Å²) in [5, 5.41) is 0. The van der Waals surface area contributed by atoms with Crippen molar-refractivity contribution >= 4 is 23.7 Å². The van der Waals surface area contributed by atoms with E-state index in [1.54, 1.807) is 0 Å². The summed E-state index contributed by atoms with van der Waals surface area (Å²) >= 11 is 0. The highest BCUT2D eigenvalue weighted by Crippen LogP contribution is 2.22. The van der Waals surface area contributed by atoms with Gasteiger partial charge in [0.1, 0.15) is 6.61 Å². The number of carbonyl (C=O) groups excluding carboxylic acids is 4. The van der Waals surface area contributed by atoms with Crippen molar-refractivity contribution in [1.29, 1.82) is 0 Å². The monoisotopic (exact) mass is 344 g/mol. The van der Waals surface area contributed by atoms with Crippen LogP contribution in [-0.4, -0.2) is 37.1 Å². The predicted molar refractivity (Wildman–Crippen MR) is 85.8 cm³/mol. The third-order valence-corrected chi connectivity index (χ3v) is 3.79. The molecule has 2 atom stereocenters. The minimum absolute atomic E-state index is 0.110. The highest BCUT2D eigenvalue weighted by Gasteiger charge is 2.23. The second kappa shape index (κ2) is 12.5. The van der Waals surface area contributed by atoms with Crippen LogP contribution in [0.2, 0.25) is 0 Å². The van der Waals surface area contributed by atoms with Gasteiger partial charge in [-0.05, 0) is 5.92 Å². The van der Waals surface area contributed by atoms with E-state index in [1.165, 1.54) is 6.92 Å². The maximum Gasteiger partial charge on any atom is 0.309 e. The number of carbonyl (C=O) groups is 4. The molecule has 24 heavy (non-hydrogen) atoms. The topological polar surface area (TPSA) is 96.0 Å². The molecule has 0 heterocycles. The highest BCUT2D eigenvalue weighted by atomic mass is 16.7. The average Bonchev–Trinajstić information content (AvgIpc) is 2.54. The van der Waals surface area contributed by atoms with Gasteiger partial charge in [0.05, 0.1) is 12.8 Å². The van der Waals surface area contributed by atoms with E-state index in [0.29, 0.717) is 0 Å². The Labute approximate surface area is 143 Å². The van der Waals surface area contributed by atoms with Gasteiger partial charge < -0.3 is 14.2 Å². The quantitative estimate of drug-likeness (QED) is 0.396. The Kier molecular flexibility index (Phi) is 11.5. The summed E-state index contributed by atoms with van der Waals surface area (Å²) in [6.07, 6.45) is 2.49. The van der Waals surface area contributed by atoms with Crippen molar-refractivity contribution in [3.8, 4) is 0 Å². The molecule has 0 aromatic carbocycles. The van der Waals surface area contributed by atoms with Gasteiger partial charge in [0, 0.05) is 12.8 Å². The number of hydrogen-bond acceptors (Lipinski definition) is 7. The molecule has 0 aliphatic heterocycles. The van der Waals surface area contributed by atoms with Crippen LogP contribution in [0.25, 0.3) is 0 Å². The summed E-state index contributed by atoms with van der Waals surface area (Å²) in [7, 11) is 0. The first-order chi connectivity index (χ1) is 11.3. The van der Waals surface area contributed by atoms with Gasteiger partial charge in [-0.3, -0.25) is 19.2 Å². The fourth-order valence-electron chi connectivity index (χ4n) is 2.25. The molecule has 0 bridgehead atoms. The molecule has 7 nitrogen and oxygen atoms in total. The summed E-state index contributed by atoms with van der Waals surface area (Å²) in [5.41, 5.74) is 0. The van der Waals surface area contributed by atoms with Gasteiger partial charge in [-0.25, -0.2) is 0 Å². The molecule has 7 heteroatoms. The number of rotatable bonds is 12. The van der Waals surface area contributed by atoms with Gasteiger partial charge >= 0.3 is 17.9 Å². The summed E-state index contributed by atoms with van der Waals surface area (Å²) < 4.78 is 13.9. The van der Waals surface area contributed by atoms with Crippen molar-refractivity contribution in [1.82, 2.24) is 0 Å². The van der Waals surface area contributed by atoms with E-state index in [9.17, 15) is 19.2 Å². The molecule has 0 N–H and O–H groups in total. The molecule has 0 aliphatic carbocycles. The lowest BCUT2D eigenvalue weighted by Crippen LogP contribution is -2.26. The fourth-order valence-corrected chi connectivity index (χ4v) is 2.25. The van der Waals surface area contributed by atoms with Crippen LogP contribution in [0, 0.1) is 11.8 Å². The van der Waals surface area contributed by atoms with Crippen molar-refractivity contribution in [2.75, 3.05) is 13.4 Å². The van der Waals surface area contributed by atoms with Gasteiger partial charge in [-0.2, -0.15) is 0 Å². The summed E-state index contributed by atoms with van der Waals surface area (Å²) in [5.74, 6) is -1.86. The Hall–Kier alpha value is -1.92. The first-order valence-corrected chi connectivity index (χ1v) is 8.29. The first kappa shape index (κ1) is 22.1. The van der Waals surface area contributed by atoms with Gasteiger partial charge in [-0.1, -0.05) is 40.0 Å². The molecule has 0 amide bonds.